The highest BCUT2D eigenvalue weighted by atomic mass is 35.5. The van der Waals surface area contributed by atoms with Gasteiger partial charge in [0.05, 0.1) is 34.7 Å². The molecule has 3 heterocycles. The number of aliphatic hydroxyl groups is 1. The van der Waals surface area contributed by atoms with Crippen LogP contribution in [-0.4, -0.2) is 102 Å². The quantitative estimate of drug-likeness (QED) is 0.422. The van der Waals surface area contributed by atoms with Gasteiger partial charge in [0.1, 0.15) is 6.07 Å². The van der Waals surface area contributed by atoms with E-state index in [0.717, 1.165) is 12.3 Å². The van der Waals surface area contributed by atoms with Crippen LogP contribution >= 0.6 is 11.6 Å². The fourth-order valence-electron chi connectivity index (χ4n) is 5.11. The second-order valence-corrected chi connectivity index (χ2v) is 11.0. The molecule has 0 aliphatic carbocycles. The summed E-state index contributed by atoms with van der Waals surface area (Å²) in [6.45, 7) is 2.63. The summed E-state index contributed by atoms with van der Waals surface area (Å²) in [5.41, 5.74) is -1.52. The Morgan fingerprint density at radius 3 is 2.57 bits per heavy atom. The molecule has 15 heteroatoms. The van der Waals surface area contributed by atoms with Gasteiger partial charge in [0, 0.05) is 44.0 Å². The minimum Gasteiger partial charge on any atom is -0.476 e. The van der Waals surface area contributed by atoms with Gasteiger partial charge in [-0.3, -0.25) is 19.4 Å². The minimum absolute atomic E-state index is 0.0660. The zero-order valence-electron chi connectivity index (χ0n) is 23.5. The van der Waals surface area contributed by atoms with Gasteiger partial charge in [-0.1, -0.05) is 11.6 Å². The van der Waals surface area contributed by atoms with Crippen molar-refractivity contribution in [3.05, 3.63) is 58.1 Å². The zero-order valence-corrected chi connectivity index (χ0v) is 24.3. The van der Waals surface area contributed by atoms with Crippen molar-refractivity contribution in [2.45, 2.75) is 31.2 Å². The fraction of sp³-hybridized carbons (Fsp3) is 0.379. The number of aliphatic hydroxyl groups excluding tert-OH is 1. The minimum atomic E-state index is -1.70. The Morgan fingerprint density at radius 1 is 1.18 bits per heavy atom. The van der Waals surface area contributed by atoms with Crippen molar-refractivity contribution in [1.29, 1.82) is 5.26 Å². The number of β-amino-alcohol motifs (C(OH)–C–C–N with tert-alkyl or cyclic N) is 1. The molecular formula is C29H28ClF2N7O5. The predicted molar refractivity (Wildman–Crippen MR) is 156 cm³/mol. The molecule has 230 valence electrons. The van der Waals surface area contributed by atoms with Crippen molar-refractivity contribution in [2.75, 3.05) is 44.6 Å². The first-order chi connectivity index (χ1) is 21.0. The van der Waals surface area contributed by atoms with Gasteiger partial charge in [-0.05, 0) is 43.7 Å². The number of piperazine rings is 1. The average molecular weight is 628 g/mol. The largest absolute Gasteiger partial charge is 0.476 e. The third kappa shape index (κ3) is 6.26. The molecule has 0 aromatic heterocycles. The topological polar surface area (TPSA) is 160 Å². The summed E-state index contributed by atoms with van der Waals surface area (Å²) in [4.78, 5) is 50.5. The molecule has 2 aromatic carbocycles. The average Bonchev–Trinajstić information content (AvgIpc) is 3.63. The molecule has 1 unspecified atom stereocenters. The maximum absolute atomic E-state index is 14.7. The molecule has 2 aromatic rings. The number of hydrogen-bond donors (Lipinski definition) is 3. The maximum Gasteiger partial charge on any atom is 0.274 e. The van der Waals surface area contributed by atoms with E-state index in [1.807, 2.05) is 0 Å². The van der Waals surface area contributed by atoms with E-state index >= 15 is 0 Å². The van der Waals surface area contributed by atoms with Crippen molar-refractivity contribution in [1.82, 2.24) is 15.1 Å². The van der Waals surface area contributed by atoms with E-state index in [2.05, 4.69) is 20.6 Å². The van der Waals surface area contributed by atoms with E-state index in [9.17, 15) is 28.3 Å². The Balaban J connectivity index is 1.20. The van der Waals surface area contributed by atoms with Crippen molar-refractivity contribution in [3.8, 4) is 11.8 Å². The number of ether oxygens (including phenoxy) is 1. The molecule has 44 heavy (non-hydrogen) atoms. The van der Waals surface area contributed by atoms with Gasteiger partial charge in [0.2, 0.25) is 17.4 Å². The predicted octanol–water partition coefficient (Wildman–Crippen LogP) is 1.76. The lowest BCUT2D eigenvalue weighted by Gasteiger charge is -2.36. The third-order valence-electron chi connectivity index (χ3n) is 7.56. The van der Waals surface area contributed by atoms with Crippen molar-refractivity contribution < 1.29 is 33.0 Å². The fourth-order valence-corrected chi connectivity index (χ4v) is 5.37. The molecule has 3 atom stereocenters. The summed E-state index contributed by atoms with van der Waals surface area (Å²) in [7, 11) is 0. The molecule has 2 saturated heterocycles. The van der Waals surface area contributed by atoms with Gasteiger partial charge in [-0.15, -0.1) is 0 Å². The molecule has 3 N–H and O–H groups in total. The van der Waals surface area contributed by atoms with E-state index < -0.39 is 47.7 Å². The molecule has 0 bridgehead atoms. The van der Waals surface area contributed by atoms with Crippen LogP contribution in [0.1, 0.15) is 29.3 Å². The summed E-state index contributed by atoms with van der Waals surface area (Å²) in [5.74, 6) is -4.10. The number of hydrogen-bond acceptors (Lipinski definition) is 9. The lowest BCUT2D eigenvalue weighted by molar-refractivity contribution is -0.134. The van der Waals surface area contributed by atoms with Crippen molar-refractivity contribution in [3.63, 3.8) is 0 Å². The van der Waals surface area contributed by atoms with Crippen LogP contribution in [0.4, 0.5) is 14.5 Å². The zero-order chi connectivity index (χ0) is 31.6. The molecule has 2 fully saturated rings. The normalized spacial score (nSPS) is 22.9. The van der Waals surface area contributed by atoms with Crippen molar-refractivity contribution in [2.24, 2.45) is 9.98 Å². The summed E-state index contributed by atoms with van der Waals surface area (Å²) >= 11 is 6.42. The molecule has 12 nitrogen and oxygen atoms in total. The van der Waals surface area contributed by atoms with Gasteiger partial charge in [0.25, 0.3) is 11.8 Å². The van der Waals surface area contributed by atoms with Gasteiger partial charge < -0.3 is 30.3 Å². The number of nitrogens with zero attached hydrogens (tertiary/aromatic N) is 5. The van der Waals surface area contributed by atoms with Crippen LogP contribution in [0.2, 0.25) is 5.02 Å². The number of nitriles is 1. The van der Waals surface area contributed by atoms with Crippen LogP contribution in [0, 0.1) is 23.0 Å². The van der Waals surface area contributed by atoms with Crippen LogP contribution in [-0.2, 0) is 9.59 Å². The second kappa shape index (κ2) is 12.7. The highest BCUT2D eigenvalue weighted by molar-refractivity contribution is 6.40. The third-order valence-corrected chi connectivity index (χ3v) is 7.88. The lowest BCUT2D eigenvalue weighted by Crippen LogP contribution is -2.54. The smallest absolute Gasteiger partial charge is 0.274 e. The van der Waals surface area contributed by atoms with Crippen LogP contribution in [0.15, 0.2) is 40.3 Å². The van der Waals surface area contributed by atoms with Crippen LogP contribution < -0.4 is 15.4 Å². The van der Waals surface area contributed by atoms with Crippen molar-refractivity contribution >= 4 is 46.9 Å². The number of anilines is 1. The second-order valence-electron chi connectivity index (χ2n) is 10.6. The van der Waals surface area contributed by atoms with E-state index in [4.69, 9.17) is 21.6 Å². The molecule has 0 spiro atoms. The van der Waals surface area contributed by atoms with Gasteiger partial charge in [-0.2, -0.15) is 9.65 Å². The Kier molecular flexibility index (Phi) is 8.91. The number of amides is 3. The Labute approximate surface area is 256 Å². The first kappa shape index (κ1) is 31.0. The number of aliphatic imine (C=N–C) groups is 2. The molecule has 5 rings (SSSR count). The Morgan fingerprint density at radius 2 is 1.91 bits per heavy atom. The molecule has 0 radical (unpaired) electrons. The van der Waals surface area contributed by atoms with E-state index in [-0.39, 0.29) is 39.4 Å². The maximum atomic E-state index is 14.7. The first-order valence-corrected chi connectivity index (χ1v) is 14.1. The SMILES string of the molecule is CC1(C(=O)Nc2ccc(C(=O)N3CCN(C(=O)[C@@H]4C[C@H](O)CN4)CC3)c(Cl)c2)N=CC(c2ccc(OCC#N)c(F)c2F)=N1. The molecule has 3 amide bonds. The number of carbonyl (C=O) groups excluding carboxylic acids is 3. The van der Waals surface area contributed by atoms with Gasteiger partial charge >= 0.3 is 0 Å². The summed E-state index contributed by atoms with van der Waals surface area (Å²) < 4.78 is 33.9. The number of halogens is 3. The Hall–Kier alpha value is -4.45. The van der Waals surface area contributed by atoms with Crippen LogP contribution in [0.3, 0.4) is 0 Å². The number of benzene rings is 2. The monoisotopic (exact) mass is 627 g/mol. The summed E-state index contributed by atoms with van der Waals surface area (Å²) in [6.07, 6.45) is 0.975. The first-order valence-electron chi connectivity index (χ1n) is 13.7. The summed E-state index contributed by atoms with van der Waals surface area (Å²) in [6, 6.07) is 7.99. The highest BCUT2D eigenvalue weighted by Gasteiger charge is 2.37. The van der Waals surface area contributed by atoms with E-state index in [0.29, 0.717) is 39.1 Å². The standard InChI is InChI=1S/C29H28ClF2N7O5/c1-29(35-15-22(37-29)19-4-5-23(44-11-6-33)25(32)24(19)31)28(43)36-16-2-3-18(20(30)12-16)26(41)38-7-9-39(10-8-38)27(42)21-13-17(40)14-34-21/h2-5,12,15,17,21,34,40H,7-11,13-14H2,1H3,(H,36,43)/t17-,21-,29?/m0/s1. The molecular weight excluding hydrogens is 600 g/mol. The number of nitrogens with one attached hydrogen (secondary N) is 2. The Bertz CT molecular complexity index is 1610. The van der Waals surface area contributed by atoms with Crippen LogP contribution in [0.25, 0.3) is 0 Å². The number of carbonyl (C=O) groups is 3. The summed E-state index contributed by atoms with van der Waals surface area (Å²) in [5, 5.41) is 24.0. The lowest BCUT2D eigenvalue weighted by atomic mass is 10.1. The van der Waals surface area contributed by atoms with Crippen LogP contribution in [0.5, 0.6) is 5.75 Å². The number of rotatable bonds is 7. The van der Waals surface area contributed by atoms with Gasteiger partial charge in [0.15, 0.2) is 18.2 Å². The van der Waals surface area contributed by atoms with E-state index in [1.165, 1.54) is 31.2 Å². The van der Waals surface area contributed by atoms with Gasteiger partial charge in [-0.25, -0.2) is 9.38 Å². The molecule has 3 aliphatic rings. The van der Waals surface area contributed by atoms with E-state index in [1.54, 1.807) is 15.9 Å². The highest BCUT2D eigenvalue weighted by Crippen LogP contribution is 2.28. The molecule has 0 saturated carbocycles. The molecule has 3 aliphatic heterocycles.